The molecule has 0 atom stereocenters. The Hall–Kier alpha value is -2.80. The van der Waals surface area contributed by atoms with Crippen LogP contribution >= 0.6 is 27.7 Å². The number of benzene rings is 4. The molecule has 0 unspecified atom stereocenters. The molecule has 4 rings (SSSR count). The van der Waals surface area contributed by atoms with Crippen molar-refractivity contribution in [3.05, 3.63) is 136 Å². The highest BCUT2D eigenvalue weighted by atomic mass is 79.9. The van der Waals surface area contributed by atoms with Crippen LogP contribution in [0.2, 0.25) is 0 Å². The standard InChI is InChI=1S/C26H18BrNS/c27-24-17-16-20(19-28)25(18-24)29-26(21-10-4-1-5-11-21,22-12-6-2-7-13-22)23-14-8-3-9-15-23/h1-18H. The zero-order chi connectivity index (χ0) is 20.1. The molecule has 0 bridgehead atoms. The molecule has 0 heterocycles. The molecule has 0 saturated heterocycles. The number of hydrogen-bond acceptors (Lipinski definition) is 2. The monoisotopic (exact) mass is 455 g/mol. The van der Waals surface area contributed by atoms with Gasteiger partial charge >= 0.3 is 0 Å². The minimum absolute atomic E-state index is 0.490. The molecule has 0 aliphatic carbocycles. The molecule has 4 aromatic rings. The number of thioether (sulfide) groups is 1. The zero-order valence-electron chi connectivity index (χ0n) is 15.6. The van der Waals surface area contributed by atoms with E-state index in [1.165, 1.54) is 16.7 Å². The van der Waals surface area contributed by atoms with E-state index in [0.717, 1.165) is 9.37 Å². The van der Waals surface area contributed by atoms with Crippen LogP contribution in [-0.2, 0) is 4.75 Å². The Labute approximate surface area is 184 Å². The predicted octanol–water partition coefficient (Wildman–Crippen LogP) is 7.40. The fourth-order valence-corrected chi connectivity index (χ4v) is 5.55. The summed E-state index contributed by atoms with van der Waals surface area (Å²) in [6.45, 7) is 0. The largest absolute Gasteiger partial charge is 0.192 e. The summed E-state index contributed by atoms with van der Waals surface area (Å²) in [6, 6.07) is 39.7. The van der Waals surface area contributed by atoms with Gasteiger partial charge in [0, 0.05) is 9.37 Å². The molecule has 0 N–H and O–H groups in total. The number of hydrogen-bond donors (Lipinski definition) is 0. The first-order chi connectivity index (χ1) is 14.2. The Balaban J connectivity index is 2.04. The van der Waals surface area contributed by atoms with Gasteiger partial charge in [-0.3, -0.25) is 0 Å². The van der Waals surface area contributed by atoms with E-state index in [4.69, 9.17) is 0 Å². The third-order valence-electron chi connectivity index (χ3n) is 4.87. The summed E-state index contributed by atoms with van der Waals surface area (Å²) in [6.07, 6.45) is 0. The molecular weight excluding hydrogens is 438 g/mol. The van der Waals surface area contributed by atoms with E-state index in [1.807, 2.05) is 36.4 Å². The Bertz CT molecular complexity index is 1040. The van der Waals surface area contributed by atoms with Crippen LogP contribution in [0.5, 0.6) is 0 Å². The predicted molar refractivity (Wildman–Crippen MR) is 124 cm³/mol. The van der Waals surface area contributed by atoms with Crippen molar-refractivity contribution in [2.24, 2.45) is 0 Å². The third kappa shape index (κ3) is 3.87. The molecule has 0 aliphatic heterocycles. The van der Waals surface area contributed by atoms with Crippen LogP contribution < -0.4 is 0 Å². The third-order valence-corrected chi connectivity index (χ3v) is 6.93. The summed E-state index contributed by atoms with van der Waals surface area (Å²) in [5.41, 5.74) is 4.19. The molecule has 3 heteroatoms. The van der Waals surface area contributed by atoms with Crippen molar-refractivity contribution in [3.8, 4) is 6.07 Å². The topological polar surface area (TPSA) is 23.8 Å². The minimum Gasteiger partial charge on any atom is -0.192 e. The molecule has 1 nitrogen and oxygen atoms in total. The van der Waals surface area contributed by atoms with Gasteiger partial charge in [0.2, 0.25) is 0 Å². The van der Waals surface area contributed by atoms with E-state index in [1.54, 1.807) is 11.8 Å². The molecule has 0 spiro atoms. The van der Waals surface area contributed by atoms with Crippen LogP contribution in [-0.4, -0.2) is 0 Å². The molecule has 140 valence electrons. The highest BCUT2D eigenvalue weighted by molar-refractivity contribution is 9.10. The van der Waals surface area contributed by atoms with Crippen molar-refractivity contribution in [3.63, 3.8) is 0 Å². The van der Waals surface area contributed by atoms with E-state index in [0.29, 0.717) is 5.56 Å². The van der Waals surface area contributed by atoms with E-state index >= 15 is 0 Å². The first-order valence-electron chi connectivity index (χ1n) is 9.29. The number of nitrogens with zero attached hydrogens (tertiary/aromatic N) is 1. The second-order valence-electron chi connectivity index (χ2n) is 6.63. The van der Waals surface area contributed by atoms with Crippen LogP contribution in [0.3, 0.4) is 0 Å². The van der Waals surface area contributed by atoms with Gasteiger partial charge in [0.1, 0.15) is 6.07 Å². The van der Waals surface area contributed by atoms with Gasteiger partial charge < -0.3 is 0 Å². The summed E-state index contributed by atoms with van der Waals surface area (Å²) in [4.78, 5) is 0.943. The van der Waals surface area contributed by atoms with Crippen molar-refractivity contribution >= 4 is 27.7 Å². The number of rotatable bonds is 5. The second kappa shape index (κ2) is 8.69. The highest BCUT2D eigenvalue weighted by Gasteiger charge is 2.38. The average molecular weight is 456 g/mol. The first-order valence-corrected chi connectivity index (χ1v) is 10.9. The van der Waals surface area contributed by atoms with Gasteiger partial charge in [-0.05, 0) is 34.9 Å². The SMILES string of the molecule is N#Cc1ccc(Br)cc1SC(c1ccccc1)(c1ccccc1)c1ccccc1. The van der Waals surface area contributed by atoms with Crippen LogP contribution in [0.4, 0.5) is 0 Å². The first kappa shape index (κ1) is 19.5. The Morgan fingerprint density at radius 1 is 0.655 bits per heavy atom. The Kier molecular flexibility index (Phi) is 5.85. The van der Waals surface area contributed by atoms with Crippen LogP contribution in [0.25, 0.3) is 0 Å². The van der Waals surface area contributed by atoms with E-state index < -0.39 is 4.75 Å². The lowest BCUT2D eigenvalue weighted by atomic mass is 9.84. The van der Waals surface area contributed by atoms with Crippen molar-refractivity contribution in [2.45, 2.75) is 9.64 Å². The number of halogens is 1. The molecule has 0 fully saturated rings. The lowest BCUT2D eigenvalue weighted by Gasteiger charge is -2.35. The lowest BCUT2D eigenvalue weighted by molar-refractivity contribution is 0.893. The van der Waals surface area contributed by atoms with E-state index in [2.05, 4.69) is 94.8 Å². The smallest absolute Gasteiger partial charge is 0.100 e. The summed E-state index contributed by atoms with van der Waals surface area (Å²) in [5, 5.41) is 9.74. The van der Waals surface area contributed by atoms with Crippen LogP contribution in [0.15, 0.2) is 119 Å². The maximum Gasteiger partial charge on any atom is 0.100 e. The van der Waals surface area contributed by atoms with Gasteiger partial charge in [-0.25, -0.2) is 0 Å². The van der Waals surface area contributed by atoms with Gasteiger partial charge in [0.25, 0.3) is 0 Å². The zero-order valence-corrected chi connectivity index (χ0v) is 18.0. The summed E-state index contributed by atoms with van der Waals surface area (Å²) >= 11 is 5.29. The maximum absolute atomic E-state index is 9.74. The Morgan fingerprint density at radius 3 is 1.52 bits per heavy atom. The summed E-state index contributed by atoms with van der Waals surface area (Å²) < 4.78 is 0.470. The molecule has 29 heavy (non-hydrogen) atoms. The summed E-state index contributed by atoms with van der Waals surface area (Å²) in [7, 11) is 0. The Morgan fingerprint density at radius 2 is 1.10 bits per heavy atom. The van der Waals surface area contributed by atoms with E-state index in [-0.39, 0.29) is 0 Å². The van der Waals surface area contributed by atoms with E-state index in [9.17, 15) is 5.26 Å². The molecule has 0 saturated carbocycles. The molecule has 0 radical (unpaired) electrons. The fourth-order valence-electron chi connectivity index (χ4n) is 3.53. The average Bonchev–Trinajstić information content (AvgIpc) is 2.79. The van der Waals surface area contributed by atoms with Crippen molar-refractivity contribution in [1.82, 2.24) is 0 Å². The van der Waals surface area contributed by atoms with Gasteiger partial charge in [-0.15, -0.1) is 11.8 Å². The second-order valence-corrected chi connectivity index (χ2v) is 8.81. The number of nitriles is 1. The van der Waals surface area contributed by atoms with Crippen LogP contribution in [0.1, 0.15) is 22.3 Å². The van der Waals surface area contributed by atoms with Crippen LogP contribution in [0, 0.1) is 11.3 Å². The van der Waals surface area contributed by atoms with Crippen molar-refractivity contribution < 1.29 is 0 Å². The molecule has 0 amide bonds. The molecule has 0 aromatic heterocycles. The van der Waals surface area contributed by atoms with Crippen molar-refractivity contribution in [2.75, 3.05) is 0 Å². The maximum atomic E-state index is 9.74. The molecule has 0 aliphatic rings. The highest BCUT2D eigenvalue weighted by Crippen LogP contribution is 2.52. The quantitative estimate of drug-likeness (QED) is 0.231. The van der Waals surface area contributed by atoms with Gasteiger partial charge in [0.05, 0.1) is 10.3 Å². The fraction of sp³-hybridized carbons (Fsp3) is 0.0385. The van der Waals surface area contributed by atoms with Gasteiger partial charge in [0.15, 0.2) is 0 Å². The lowest BCUT2D eigenvalue weighted by Crippen LogP contribution is -2.25. The molecule has 4 aromatic carbocycles. The normalized spacial score (nSPS) is 11.0. The van der Waals surface area contributed by atoms with Crippen molar-refractivity contribution in [1.29, 1.82) is 5.26 Å². The summed E-state index contributed by atoms with van der Waals surface area (Å²) in [5.74, 6) is 0. The van der Waals surface area contributed by atoms with Gasteiger partial charge in [-0.1, -0.05) is 107 Å². The molecular formula is C26H18BrNS. The minimum atomic E-state index is -0.490. The van der Waals surface area contributed by atoms with Gasteiger partial charge in [-0.2, -0.15) is 5.26 Å².